The lowest BCUT2D eigenvalue weighted by Gasteiger charge is -2.30. The minimum atomic E-state index is -3.41. The Labute approximate surface area is 108 Å². The lowest BCUT2D eigenvalue weighted by molar-refractivity contribution is 0.279. The quantitative estimate of drug-likeness (QED) is 0.906. The maximum absolute atomic E-state index is 12.4. The van der Waals surface area contributed by atoms with Crippen LogP contribution in [0, 0.1) is 5.92 Å². The molecular formula is C13H19NO3S. The first-order valence-electron chi connectivity index (χ1n) is 6.24. The standard InChI is InChI=1S/C13H19NO3S/c1-11-4-3-7-14(9-11)18(16,17)13-6-2-5-12(8-13)10-15/h2,5-6,8,11,15H,3-4,7,9-10H2,1H3. The molecule has 1 atom stereocenters. The zero-order valence-electron chi connectivity index (χ0n) is 10.5. The van der Waals surface area contributed by atoms with Gasteiger partial charge < -0.3 is 5.11 Å². The Morgan fingerprint density at radius 3 is 2.89 bits per heavy atom. The van der Waals surface area contributed by atoms with E-state index in [1.54, 1.807) is 28.6 Å². The number of rotatable bonds is 3. The molecule has 4 nitrogen and oxygen atoms in total. The van der Waals surface area contributed by atoms with E-state index in [9.17, 15) is 8.42 Å². The highest BCUT2D eigenvalue weighted by molar-refractivity contribution is 7.89. The molecule has 1 aromatic rings. The van der Waals surface area contributed by atoms with E-state index in [4.69, 9.17) is 5.11 Å². The van der Waals surface area contributed by atoms with Crippen LogP contribution in [0.2, 0.25) is 0 Å². The van der Waals surface area contributed by atoms with Crippen molar-refractivity contribution in [2.24, 2.45) is 5.92 Å². The summed E-state index contributed by atoms with van der Waals surface area (Å²) in [5.41, 5.74) is 0.626. The lowest BCUT2D eigenvalue weighted by atomic mass is 10.0. The van der Waals surface area contributed by atoms with Crippen LogP contribution in [0.1, 0.15) is 25.3 Å². The highest BCUT2D eigenvalue weighted by atomic mass is 32.2. The molecule has 0 aliphatic carbocycles. The first-order chi connectivity index (χ1) is 8.54. The average Bonchev–Trinajstić information content (AvgIpc) is 2.39. The van der Waals surface area contributed by atoms with Crippen molar-refractivity contribution in [3.05, 3.63) is 29.8 Å². The number of hydrogen-bond acceptors (Lipinski definition) is 3. The van der Waals surface area contributed by atoms with Crippen LogP contribution in [0.15, 0.2) is 29.2 Å². The topological polar surface area (TPSA) is 57.6 Å². The predicted molar refractivity (Wildman–Crippen MR) is 69.5 cm³/mol. The molecule has 0 radical (unpaired) electrons. The van der Waals surface area contributed by atoms with Gasteiger partial charge in [0.25, 0.3) is 0 Å². The fraction of sp³-hybridized carbons (Fsp3) is 0.538. The third-order valence-electron chi connectivity index (χ3n) is 3.34. The van der Waals surface area contributed by atoms with Gasteiger partial charge in [0.05, 0.1) is 11.5 Å². The van der Waals surface area contributed by atoms with Crippen LogP contribution in [0.4, 0.5) is 0 Å². The number of piperidine rings is 1. The maximum atomic E-state index is 12.4. The first kappa shape index (κ1) is 13.5. The molecule has 1 N–H and O–H groups in total. The van der Waals surface area contributed by atoms with Crippen LogP contribution in [0.5, 0.6) is 0 Å². The van der Waals surface area contributed by atoms with Crippen LogP contribution >= 0.6 is 0 Å². The van der Waals surface area contributed by atoms with E-state index in [0.717, 1.165) is 12.8 Å². The van der Waals surface area contributed by atoms with Crippen LogP contribution in [-0.4, -0.2) is 30.9 Å². The van der Waals surface area contributed by atoms with E-state index in [0.29, 0.717) is 24.6 Å². The SMILES string of the molecule is CC1CCCN(S(=O)(=O)c2cccc(CO)c2)C1. The molecule has 5 heteroatoms. The highest BCUT2D eigenvalue weighted by Gasteiger charge is 2.28. The molecule has 2 rings (SSSR count). The van der Waals surface area contributed by atoms with E-state index in [-0.39, 0.29) is 11.5 Å². The number of sulfonamides is 1. The summed E-state index contributed by atoms with van der Waals surface area (Å²) < 4.78 is 26.4. The summed E-state index contributed by atoms with van der Waals surface area (Å²) in [6.07, 6.45) is 2.00. The van der Waals surface area contributed by atoms with Crippen molar-refractivity contribution in [3.63, 3.8) is 0 Å². The molecule has 18 heavy (non-hydrogen) atoms. The van der Waals surface area contributed by atoms with E-state index in [2.05, 4.69) is 6.92 Å². The largest absolute Gasteiger partial charge is 0.392 e. The number of aliphatic hydroxyl groups excluding tert-OH is 1. The molecule has 1 unspecified atom stereocenters. The highest BCUT2D eigenvalue weighted by Crippen LogP contribution is 2.23. The molecule has 0 bridgehead atoms. The first-order valence-corrected chi connectivity index (χ1v) is 7.68. The summed E-state index contributed by atoms with van der Waals surface area (Å²) in [5.74, 6) is 0.412. The van der Waals surface area contributed by atoms with E-state index in [1.807, 2.05) is 0 Å². The van der Waals surface area contributed by atoms with E-state index in [1.165, 1.54) is 0 Å². The van der Waals surface area contributed by atoms with Gasteiger partial charge in [-0.05, 0) is 36.5 Å². The van der Waals surface area contributed by atoms with Crippen molar-refractivity contribution in [2.45, 2.75) is 31.3 Å². The summed E-state index contributed by atoms with van der Waals surface area (Å²) in [7, 11) is -3.41. The third-order valence-corrected chi connectivity index (χ3v) is 5.20. The molecule has 100 valence electrons. The smallest absolute Gasteiger partial charge is 0.243 e. The summed E-state index contributed by atoms with van der Waals surface area (Å²) >= 11 is 0. The summed E-state index contributed by atoms with van der Waals surface area (Å²) in [5, 5.41) is 9.07. The monoisotopic (exact) mass is 269 g/mol. The van der Waals surface area contributed by atoms with Crippen molar-refractivity contribution < 1.29 is 13.5 Å². The second kappa shape index (κ2) is 5.38. The lowest BCUT2D eigenvalue weighted by Crippen LogP contribution is -2.39. The van der Waals surface area contributed by atoms with Gasteiger partial charge in [-0.15, -0.1) is 0 Å². The fourth-order valence-corrected chi connectivity index (χ4v) is 3.99. The normalized spacial score (nSPS) is 22.0. The molecular weight excluding hydrogens is 250 g/mol. The molecule has 1 saturated heterocycles. The molecule has 0 spiro atoms. The number of aliphatic hydroxyl groups is 1. The summed E-state index contributed by atoms with van der Waals surface area (Å²) in [6.45, 7) is 3.12. The van der Waals surface area contributed by atoms with Crippen molar-refractivity contribution in [3.8, 4) is 0 Å². The predicted octanol–water partition coefficient (Wildman–Crippen LogP) is 1.60. The molecule has 1 aromatic carbocycles. The number of nitrogens with zero attached hydrogens (tertiary/aromatic N) is 1. The second-order valence-electron chi connectivity index (χ2n) is 4.92. The van der Waals surface area contributed by atoms with Gasteiger partial charge in [0.15, 0.2) is 0 Å². The van der Waals surface area contributed by atoms with Crippen molar-refractivity contribution in [2.75, 3.05) is 13.1 Å². The minimum Gasteiger partial charge on any atom is -0.392 e. The van der Waals surface area contributed by atoms with Crippen LogP contribution in [0.25, 0.3) is 0 Å². The summed E-state index contributed by atoms with van der Waals surface area (Å²) in [4.78, 5) is 0.281. The van der Waals surface area contributed by atoms with Gasteiger partial charge in [0.1, 0.15) is 0 Å². The average molecular weight is 269 g/mol. The number of hydrogen-bond donors (Lipinski definition) is 1. The van der Waals surface area contributed by atoms with Crippen LogP contribution in [-0.2, 0) is 16.6 Å². The van der Waals surface area contributed by atoms with Crippen LogP contribution in [0.3, 0.4) is 0 Å². The Bertz CT molecular complexity index is 513. The van der Waals surface area contributed by atoms with Gasteiger partial charge in [-0.3, -0.25) is 0 Å². The second-order valence-corrected chi connectivity index (χ2v) is 6.85. The van der Waals surface area contributed by atoms with E-state index >= 15 is 0 Å². The number of benzene rings is 1. The minimum absolute atomic E-state index is 0.139. The molecule has 1 heterocycles. The molecule has 1 aliphatic rings. The van der Waals surface area contributed by atoms with Crippen LogP contribution < -0.4 is 0 Å². The van der Waals surface area contributed by atoms with Gasteiger partial charge in [-0.1, -0.05) is 19.1 Å². The van der Waals surface area contributed by atoms with Crippen molar-refractivity contribution >= 4 is 10.0 Å². The van der Waals surface area contributed by atoms with Crippen molar-refractivity contribution in [1.29, 1.82) is 0 Å². The Balaban J connectivity index is 2.29. The fourth-order valence-electron chi connectivity index (χ4n) is 2.32. The zero-order chi connectivity index (χ0) is 13.2. The molecule has 1 aliphatic heterocycles. The molecule has 1 fully saturated rings. The van der Waals surface area contributed by atoms with Crippen molar-refractivity contribution in [1.82, 2.24) is 4.31 Å². The Kier molecular flexibility index (Phi) is 4.04. The van der Waals surface area contributed by atoms with Gasteiger partial charge in [-0.25, -0.2) is 8.42 Å². The Morgan fingerprint density at radius 2 is 2.22 bits per heavy atom. The van der Waals surface area contributed by atoms with E-state index < -0.39 is 10.0 Å². The Hall–Kier alpha value is -0.910. The summed E-state index contributed by atoms with van der Waals surface area (Å²) in [6, 6.07) is 6.53. The van der Waals surface area contributed by atoms with Gasteiger partial charge >= 0.3 is 0 Å². The van der Waals surface area contributed by atoms with Gasteiger partial charge in [0.2, 0.25) is 10.0 Å². The molecule has 0 saturated carbocycles. The van der Waals surface area contributed by atoms with Gasteiger partial charge in [0, 0.05) is 13.1 Å². The Morgan fingerprint density at radius 1 is 1.44 bits per heavy atom. The molecule has 0 aromatic heterocycles. The molecule has 0 amide bonds. The van der Waals surface area contributed by atoms with Gasteiger partial charge in [-0.2, -0.15) is 4.31 Å². The maximum Gasteiger partial charge on any atom is 0.243 e. The third kappa shape index (κ3) is 2.74. The zero-order valence-corrected chi connectivity index (χ0v) is 11.4.